The van der Waals surface area contributed by atoms with Crippen LogP contribution in [0.15, 0.2) is 4.52 Å². The molecule has 0 aliphatic carbocycles. The molecule has 2 unspecified atom stereocenters. The molecule has 1 aromatic heterocycles. The minimum absolute atomic E-state index is 0.000804. The van der Waals surface area contributed by atoms with Crippen LogP contribution in [0.25, 0.3) is 0 Å². The minimum atomic E-state index is -0.0873. The molecule has 7 nitrogen and oxygen atoms in total. The maximum absolute atomic E-state index is 5.72. The van der Waals surface area contributed by atoms with E-state index in [2.05, 4.69) is 27.3 Å². The highest BCUT2D eigenvalue weighted by Crippen LogP contribution is 2.22. The molecule has 0 aromatic carbocycles. The van der Waals surface area contributed by atoms with Gasteiger partial charge in [0.2, 0.25) is 11.7 Å². The lowest BCUT2D eigenvalue weighted by Gasteiger charge is -2.30. The molecule has 2 fully saturated rings. The van der Waals surface area contributed by atoms with E-state index in [1.807, 2.05) is 0 Å². The van der Waals surface area contributed by atoms with E-state index in [0.29, 0.717) is 24.9 Å². The Morgan fingerprint density at radius 3 is 3.16 bits per heavy atom. The van der Waals surface area contributed by atoms with Gasteiger partial charge in [-0.2, -0.15) is 4.98 Å². The first kappa shape index (κ1) is 13.0. The van der Waals surface area contributed by atoms with Gasteiger partial charge in [0.05, 0.1) is 19.8 Å². The normalized spacial score (nSPS) is 29.5. The molecular weight excluding hydrogens is 248 g/mol. The van der Waals surface area contributed by atoms with Gasteiger partial charge in [-0.1, -0.05) is 12.1 Å². The first-order chi connectivity index (χ1) is 9.36. The van der Waals surface area contributed by atoms with E-state index in [9.17, 15) is 0 Å². The summed E-state index contributed by atoms with van der Waals surface area (Å²) in [7, 11) is 0. The first-order valence-electron chi connectivity index (χ1n) is 6.85. The third-order valence-corrected chi connectivity index (χ3v) is 3.56. The molecule has 0 bridgehead atoms. The number of hydrogen-bond donors (Lipinski definition) is 1. The van der Waals surface area contributed by atoms with E-state index in [4.69, 9.17) is 14.0 Å². The molecular formula is C12H20N4O3. The van der Waals surface area contributed by atoms with Crippen LogP contribution < -0.4 is 5.32 Å². The van der Waals surface area contributed by atoms with Crippen molar-refractivity contribution in [2.75, 3.05) is 46.0 Å². The van der Waals surface area contributed by atoms with Crippen LogP contribution >= 0.6 is 0 Å². The van der Waals surface area contributed by atoms with Crippen molar-refractivity contribution in [2.24, 2.45) is 0 Å². The third kappa shape index (κ3) is 2.94. The molecule has 19 heavy (non-hydrogen) atoms. The molecule has 0 amide bonds. The van der Waals surface area contributed by atoms with Gasteiger partial charge in [0.25, 0.3) is 0 Å². The Bertz CT molecular complexity index is 405. The van der Waals surface area contributed by atoms with E-state index in [1.165, 1.54) is 0 Å². The monoisotopic (exact) mass is 268 g/mol. The molecule has 2 aliphatic heterocycles. The molecule has 7 heteroatoms. The molecule has 2 aliphatic rings. The average Bonchev–Trinajstić information content (AvgIpc) is 2.98. The summed E-state index contributed by atoms with van der Waals surface area (Å²) in [5.74, 6) is 1.23. The number of nitrogens with one attached hydrogen (secondary N) is 1. The first-order valence-corrected chi connectivity index (χ1v) is 6.85. The topological polar surface area (TPSA) is 72.7 Å². The van der Waals surface area contributed by atoms with Crippen molar-refractivity contribution in [3.8, 4) is 0 Å². The predicted octanol–water partition coefficient (Wildman–Crippen LogP) is 0.124. The molecule has 3 rings (SSSR count). The van der Waals surface area contributed by atoms with Crippen LogP contribution in [0.3, 0.4) is 0 Å². The Balaban J connectivity index is 1.66. The van der Waals surface area contributed by atoms with Gasteiger partial charge in [0, 0.05) is 19.6 Å². The lowest BCUT2D eigenvalue weighted by Crippen LogP contribution is -2.38. The van der Waals surface area contributed by atoms with Crippen LogP contribution in [0.4, 0.5) is 0 Å². The Morgan fingerprint density at radius 1 is 1.42 bits per heavy atom. The van der Waals surface area contributed by atoms with Gasteiger partial charge in [-0.25, -0.2) is 0 Å². The van der Waals surface area contributed by atoms with E-state index in [1.54, 1.807) is 0 Å². The molecule has 1 N–H and O–H groups in total. The van der Waals surface area contributed by atoms with Gasteiger partial charge in [-0.05, 0) is 6.54 Å². The average molecular weight is 268 g/mol. The van der Waals surface area contributed by atoms with Crippen molar-refractivity contribution in [3.63, 3.8) is 0 Å². The fraction of sp³-hybridized carbons (Fsp3) is 0.833. The number of nitrogens with zero attached hydrogens (tertiary/aromatic N) is 3. The molecule has 2 saturated heterocycles. The summed E-state index contributed by atoms with van der Waals surface area (Å²) in [6, 6.07) is 0.000804. The maximum atomic E-state index is 5.72. The maximum Gasteiger partial charge on any atom is 0.246 e. The second-order valence-electron chi connectivity index (χ2n) is 4.83. The standard InChI is InChI=1S/C12H20N4O3/c1-2-16-4-6-18-10(7-16)11-14-12(19-15-11)9-8-17-5-3-13-9/h9-10,13H,2-8H2,1H3. The zero-order valence-electron chi connectivity index (χ0n) is 11.2. The quantitative estimate of drug-likeness (QED) is 0.835. The molecule has 1 aromatic rings. The lowest BCUT2D eigenvalue weighted by molar-refractivity contribution is -0.0334. The molecule has 106 valence electrons. The number of hydrogen-bond acceptors (Lipinski definition) is 7. The van der Waals surface area contributed by atoms with Crippen molar-refractivity contribution in [1.82, 2.24) is 20.4 Å². The number of aromatic nitrogens is 2. The zero-order chi connectivity index (χ0) is 13.1. The second kappa shape index (κ2) is 5.96. The van der Waals surface area contributed by atoms with Gasteiger partial charge in [-0.3, -0.25) is 4.90 Å². The van der Waals surface area contributed by atoms with Gasteiger partial charge in [0.15, 0.2) is 0 Å². The van der Waals surface area contributed by atoms with E-state index in [-0.39, 0.29) is 12.1 Å². The summed E-state index contributed by atoms with van der Waals surface area (Å²) in [6.07, 6.45) is -0.0873. The SMILES string of the molecule is CCN1CCOC(c2noc(C3COCCN3)n2)C1. The van der Waals surface area contributed by atoms with Crippen molar-refractivity contribution in [2.45, 2.75) is 19.1 Å². The highest BCUT2D eigenvalue weighted by molar-refractivity contribution is 4.98. The van der Waals surface area contributed by atoms with Crippen LogP contribution in [0.5, 0.6) is 0 Å². The zero-order valence-corrected chi connectivity index (χ0v) is 11.2. The molecule has 3 heterocycles. The Morgan fingerprint density at radius 2 is 2.37 bits per heavy atom. The number of ether oxygens (including phenoxy) is 2. The van der Waals surface area contributed by atoms with Crippen molar-refractivity contribution < 1.29 is 14.0 Å². The van der Waals surface area contributed by atoms with Crippen LogP contribution in [-0.2, 0) is 9.47 Å². The highest BCUT2D eigenvalue weighted by atomic mass is 16.5. The van der Waals surface area contributed by atoms with Crippen LogP contribution in [0, 0.1) is 0 Å². The van der Waals surface area contributed by atoms with Crippen molar-refractivity contribution in [1.29, 1.82) is 0 Å². The number of likely N-dealkylation sites (N-methyl/N-ethyl adjacent to an activating group) is 1. The minimum Gasteiger partial charge on any atom is -0.378 e. The van der Waals surface area contributed by atoms with Crippen molar-refractivity contribution in [3.05, 3.63) is 11.7 Å². The summed E-state index contributed by atoms with van der Waals surface area (Å²) in [5.41, 5.74) is 0. The van der Waals surface area contributed by atoms with E-state index < -0.39 is 0 Å². The van der Waals surface area contributed by atoms with E-state index >= 15 is 0 Å². The summed E-state index contributed by atoms with van der Waals surface area (Å²) >= 11 is 0. The largest absolute Gasteiger partial charge is 0.378 e. The van der Waals surface area contributed by atoms with Gasteiger partial charge in [-0.15, -0.1) is 0 Å². The third-order valence-electron chi connectivity index (χ3n) is 3.56. The molecule has 0 saturated carbocycles. The van der Waals surface area contributed by atoms with E-state index in [0.717, 1.165) is 32.8 Å². The lowest BCUT2D eigenvalue weighted by atomic mass is 10.2. The Kier molecular flexibility index (Phi) is 4.07. The fourth-order valence-corrected chi connectivity index (χ4v) is 2.39. The van der Waals surface area contributed by atoms with Gasteiger partial charge >= 0.3 is 0 Å². The Labute approximate surface area is 112 Å². The predicted molar refractivity (Wildman–Crippen MR) is 66.7 cm³/mol. The summed E-state index contributed by atoms with van der Waals surface area (Å²) < 4.78 is 16.4. The summed E-state index contributed by atoms with van der Waals surface area (Å²) in [4.78, 5) is 6.78. The number of morpholine rings is 2. The molecule has 2 atom stereocenters. The second-order valence-corrected chi connectivity index (χ2v) is 4.83. The Hall–Kier alpha value is -1.02. The van der Waals surface area contributed by atoms with Crippen LogP contribution in [0.1, 0.15) is 30.8 Å². The smallest absolute Gasteiger partial charge is 0.246 e. The summed E-state index contributed by atoms with van der Waals surface area (Å²) in [5, 5.41) is 7.35. The van der Waals surface area contributed by atoms with Crippen LogP contribution in [0.2, 0.25) is 0 Å². The summed E-state index contributed by atoms with van der Waals surface area (Å²) in [6.45, 7) is 7.79. The molecule has 0 radical (unpaired) electrons. The molecule has 0 spiro atoms. The number of rotatable bonds is 3. The van der Waals surface area contributed by atoms with Crippen LogP contribution in [-0.4, -0.2) is 61.0 Å². The van der Waals surface area contributed by atoms with Crippen molar-refractivity contribution >= 4 is 0 Å². The van der Waals surface area contributed by atoms with Gasteiger partial charge in [0.1, 0.15) is 12.1 Å². The van der Waals surface area contributed by atoms with Gasteiger partial charge < -0.3 is 19.3 Å². The highest BCUT2D eigenvalue weighted by Gasteiger charge is 2.28. The fourth-order valence-electron chi connectivity index (χ4n) is 2.39.